The first kappa shape index (κ1) is 25.1. The van der Waals surface area contributed by atoms with Gasteiger partial charge in [-0.1, -0.05) is 41.9 Å². The molecule has 4 aromatic rings. The number of nitrogens with zero attached hydrogens (tertiary/aromatic N) is 3. The molecule has 2 aliphatic rings. The van der Waals surface area contributed by atoms with E-state index in [0.29, 0.717) is 28.4 Å². The fourth-order valence-electron chi connectivity index (χ4n) is 5.10. The molecule has 0 radical (unpaired) electrons. The predicted octanol–water partition coefficient (Wildman–Crippen LogP) is 5.14. The van der Waals surface area contributed by atoms with Crippen LogP contribution in [0.4, 0.5) is 11.4 Å². The smallest absolute Gasteiger partial charge is 0.258 e. The number of piperazine rings is 1. The number of hydrogen-bond acceptors (Lipinski definition) is 5. The van der Waals surface area contributed by atoms with Crippen LogP contribution >= 0.6 is 11.6 Å². The lowest BCUT2D eigenvalue weighted by Crippen LogP contribution is -2.47. The molecule has 1 saturated heterocycles. The molecule has 8 heteroatoms. The van der Waals surface area contributed by atoms with Crippen LogP contribution in [0.2, 0.25) is 5.02 Å². The lowest BCUT2D eigenvalue weighted by molar-refractivity contribution is -0.132. The monoisotopic (exact) mass is 537 g/mol. The van der Waals surface area contributed by atoms with Gasteiger partial charge in [-0.3, -0.25) is 14.6 Å². The molecule has 3 aromatic carbocycles. The summed E-state index contributed by atoms with van der Waals surface area (Å²) in [5.74, 6) is -0.0512. The third-order valence-electron chi connectivity index (χ3n) is 7.30. The first-order valence-electron chi connectivity index (χ1n) is 13.0. The average Bonchev–Trinajstić information content (AvgIpc) is 3.27. The third-order valence-corrected chi connectivity index (χ3v) is 7.54. The van der Waals surface area contributed by atoms with Crippen LogP contribution in [0.1, 0.15) is 16.7 Å². The highest BCUT2D eigenvalue weighted by Crippen LogP contribution is 2.39. The molecule has 0 bridgehead atoms. The molecule has 6 rings (SSSR count). The van der Waals surface area contributed by atoms with E-state index in [-0.39, 0.29) is 11.8 Å². The molecule has 0 unspecified atom stereocenters. The van der Waals surface area contributed by atoms with E-state index in [2.05, 4.69) is 27.6 Å². The van der Waals surface area contributed by atoms with Gasteiger partial charge in [0.2, 0.25) is 5.91 Å². The zero-order valence-electron chi connectivity index (χ0n) is 21.6. The van der Waals surface area contributed by atoms with Gasteiger partial charge >= 0.3 is 0 Å². The minimum atomic E-state index is -0.199. The Morgan fingerprint density at radius 3 is 2.59 bits per heavy atom. The van der Waals surface area contributed by atoms with Crippen molar-refractivity contribution < 1.29 is 9.59 Å². The number of halogens is 1. The number of pyridine rings is 1. The average molecular weight is 538 g/mol. The SMILES string of the molecule is CN1CCN(C(=O)Cc2ccc(NC(=C3C(=O)Nc4cc(Cl)ccc43)c3ccc4ncccc4c3)cc2)CC1. The van der Waals surface area contributed by atoms with Gasteiger partial charge in [-0.25, -0.2) is 0 Å². The predicted molar refractivity (Wildman–Crippen MR) is 156 cm³/mol. The summed E-state index contributed by atoms with van der Waals surface area (Å²) in [7, 11) is 2.08. The largest absolute Gasteiger partial charge is 0.354 e. The minimum Gasteiger partial charge on any atom is -0.354 e. The molecule has 196 valence electrons. The molecule has 0 spiro atoms. The molecule has 0 atom stereocenters. The Labute approximate surface area is 232 Å². The Kier molecular flexibility index (Phi) is 6.77. The van der Waals surface area contributed by atoms with Crippen molar-refractivity contribution in [3.63, 3.8) is 0 Å². The van der Waals surface area contributed by atoms with Crippen molar-refractivity contribution in [1.29, 1.82) is 0 Å². The number of carbonyl (C=O) groups excluding carboxylic acids is 2. The number of nitrogens with one attached hydrogen (secondary N) is 2. The molecule has 2 aliphatic heterocycles. The van der Waals surface area contributed by atoms with E-state index in [1.165, 1.54) is 0 Å². The number of amides is 2. The highest BCUT2D eigenvalue weighted by Gasteiger charge is 2.29. The Morgan fingerprint density at radius 2 is 1.79 bits per heavy atom. The Hall–Kier alpha value is -4.20. The molecule has 2 N–H and O–H groups in total. The summed E-state index contributed by atoms with van der Waals surface area (Å²) < 4.78 is 0. The maximum absolute atomic E-state index is 13.2. The van der Waals surface area contributed by atoms with Crippen LogP contribution in [0.25, 0.3) is 22.2 Å². The van der Waals surface area contributed by atoms with E-state index in [1.54, 1.807) is 18.3 Å². The molecule has 1 aromatic heterocycles. The van der Waals surface area contributed by atoms with Crippen LogP contribution in [-0.4, -0.2) is 59.8 Å². The second-order valence-electron chi connectivity index (χ2n) is 9.99. The number of benzene rings is 3. The highest BCUT2D eigenvalue weighted by atomic mass is 35.5. The van der Waals surface area contributed by atoms with E-state index in [9.17, 15) is 9.59 Å². The maximum atomic E-state index is 13.2. The van der Waals surface area contributed by atoms with Gasteiger partial charge in [-0.05, 0) is 60.6 Å². The Morgan fingerprint density at radius 1 is 1.00 bits per heavy atom. The first-order valence-corrected chi connectivity index (χ1v) is 13.4. The molecular weight excluding hydrogens is 510 g/mol. The Bertz CT molecular complexity index is 1610. The number of aromatic nitrogens is 1. The molecule has 0 saturated carbocycles. The van der Waals surface area contributed by atoms with Gasteiger partial charge in [-0.2, -0.15) is 0 Å². The third kappa shape index (κ3) is 5.24. The molecule has 39 heavy (non-hydrogen) atoms. The zero-order valence-corrected chi connectivity index (χ0v) is 22.3. The quantitative estimate of drug-likeness (QED) is 0.345. The zero-order chi connectivity index (χ0) is 26.9. The van der Waals surface area contributed by atoms with Crippen LogP contribution in [0, 0.1) is 0 Å². The fourth-order valence-corrected chi connectivity index (χ4v) is 5.27. The molecule has 2 amide bonds. The van der Waals surface area contributed by atoms with Gasteiger partial charge in [0.1, 0.15) is 0 Å². The molecule has 7 nitrogen and oxygen atoms in total. The molecule has 1 fully saturated rings. The van der Waals surface area contributed by atoms with Crippen LogP contribution in [0.3, 0.4) is 0 Å². The molecule has 3 heterocycles. The van der Waals surface area contributed by atoms with Gasteiger partial charge in [0, 0.05) is 54.0 Å². The summed E-state index contributed by atoms with van der Waals surface area (Å²) in [4.78, 5) is 34.7. The first-order chi connectivity index (χ1) is 18.9. The summed E-state index contributed by atoms with van der Waals surface area (Å²) in [5.41, 5.74) is 6.19. The van der Waals surface area contributed by atoms with Crippen molar-refractivity contribution in [2.75, 3.05) is 43.9 Å². The van der Waals surface area contributed by atoms with E-state index in [0.717, 1.165) is 59.5 Å². The minimum absolute atomic E-state index is 0.147. The van der Waals surface area contributed by atoms with Crippen molar-refractivity contribution in [2.45, 2.75) is 6.42 Å². The van der Waals surface area contributed by atoms with Crippen molar-refractivity contribution in [1.82, 2.24) is 14.8 Å². The van der Waals surface area contributed by atoms with Crippen LogP contribution in [0.5, 0.6) is 0 Å². The van der Waals surface area contributed by atoms with Crippen LogP contribution in [0.15, 0.2) is 79.0 Å². The summed E-state index contributed by atoms with van der Waals surface area (Å²) in [6.07, 6.45) is 2.13. The van der Waals surface area contributed by atoms with Crippen molar-refractivity contribution in [2.24, 2.45) is 0 Å². The van der Waals surface area contributed by atoms with Gasteiger partial charge in [0.25, 0.3) is 5.91 Å². The topological polar surface area (TPSA) is 77.6 Å². The van der Waals surface area contributed by atoms with Gasteiger partial charge in [0.05, 0.1) is 28.9 Å². The van der Waals surface area contributed by atoms with Crippen molar-refractivity contribution in [3.05, 3.63) is 101 Å². The van der Waals surface area contributed by atoms with Gasteiger partial charge in [0.15, 0.2) is 0 Å². The van der Waals surface area contributed by atoms with E-state index in [4.69, 9.17) is 11.6 Å². The van der Waals surface area contributed by atoms with Crippen LogP contribution in [-0.2, 0) is 16.0 Å². The number of hydrogen-bond donors (Lipinski definition) is 2. The standard InChI is InChI=1S/C31H28ClN5O2/c1-36-13-15-37(16-14-36)28(38)17-20-4-8-24(9-5-20)34-30(22-6-11-26-21(18-22)3-2-12-33-26)29-25-10-7-23(32)19-27(25)35-31(29)39/h2-12,18-19,34H,13-17H2,1H3,(H,35,39). The fraction of sp³-hybridized carbons (Fsp3) is 0.194. The van der Waals surface area contributed by atoms with E-state index < -0.39 is 0 Å². The van der Waals surface area contributed by atoms with Crippen molar-refractivity contribution >= 4 is 57.0 Å². The van der Waals surface area contributed by atoms with Gasteiger partial charge < -0.3 is 20.4 Å². The number of rotatable bonds is 5. The maximum Gasteiger partial charge on any atom is 0.258 e. The normalized spacial score (nSPS) is 16.7. The lowest BCUT2D eigenvalue weighted by Gasteiger charge is -2.32. The van der Waals surface area contributed by atoms with E-state index >= 15 is 0 Å². The number of fused-ring (bicyclic) bond motifs is 2. The molecular formula is C31H28ClN5O2. The second kappa shape index (κ2) is 10.5. The van der Waals surface area contributed by atoms with Crippen molar-refractivity contribution in [3.8, 4) is 0 Å². The molecule has 0 aliphatic carbocycles. The van der Waals surface area contributed by atoms with Gasteiger partial charge in [-0.15, -0.1) is 0 Å². The number of anilines is 2. The van der Waals surface area contributed by atoms with Crippen LogP contribution < -0.4 is 10.6 Å². The second-order valence-corrected chi connectivity index (χ2v) is 10.4. The number of carbonyl (C=O) groups is 2. The lowest BCUT2D eigenvalue weighted by atomic mass is 9.98. The summed E-state index contributed by atoms with van der Waals surface area (Å²) in [6, 6.07) is 23.1. The Balaban J connectivity index is 1.32. The summed E-state index contributed by atoms with van der Waals surface area (Å²) in [5, 5.41) is 7.98. The summed E-state index contributed by atoms with van der Waals surface area (Å²) in [6.45, 7) is 3.34. The summed E-state index contributed by atoms with van der Waals surface area (Å²) >= 11 is 6.20. The number of likely N-dealkylation sites (N-methyl/N-ethyl adjacent to an activating group) is 1. The highest BCUT2D eigenvalue weighted by molar-refractivity contribution is 6.38. The van der Waals surface area contributed by atoms with E-state index in [1.807, 2.05) is 65.6 Å².